The highest BCUT2D eigenvalue weighted by Gasteiger charge is 2.56. The van der Waals surface area contributed by atoms with Crippen molar-refractivity contribution in [1.82, 2.24) is 20.7 Å². The zero-order valence-corrected chi connectivity index (χ0v) is 11.8. The summed E-state index contributed by atoms with van der Waals surface area (Å²) in [5.74, 6) is 0. The average Bonchev–Trinajstić information content (AvgIpc) is 2.66. The molecule has 2 heterocycles. The standard InChI is InChI=1S/C10H18N4S2/c1-5-9(3)11-7(15)14-10(4,6-2)12-8(16)13(9)14/h5-6H2,1-4H3,(H,11,15)(H,12,16)/t9-,10-/m1/s1. The first-order valence-electron chi connectivity index (χ1n) is 5.62. The predicted molar refractivity (Wildman–Crippen MR) is 72.5 cm³/mol. The van der Waals surface area contributed by atoms with Crippen LogP contribution in [0.4, 0.5) is 0 Å². The lowest BCUT2D eigenvalue weighted by Crippen LogP contribution is -2.52. The Morgan fingerprint density at radius 3 is 1.50 bits per heavy atom. The van der Waals surface area contributed by atoms with Gasteiger partial charge in [0.25, 0.3) is 0 Å². The summed E-state index contributed by atoms with van der Waals surface area (Å²) in [6, 6.07) is 0. The van der Waals surface area contributed by atoms with Crippen molar-refractivity contribution < 1.29 is 0 Å². The highest BCUT2D eigenvalue weighted by atomic mass is 32.1. The van der Waals surface area contributed by atoms with Crippen LogP contribution in [-0.4, -0.2) is 31.6 Å². The van der Waals surface area contributed by atoms with E-state index in [-0.39, 0.29) is 11.3 Å². The average molecular weight is 258 g/mol. The van der Waals surface area contributed by atoms with E-state index >= 15 is 0 Å². The molecule has 0 unspecified atom stereocenters. The summed E-state index contributed by atoms with van der Waals surface area (Å²) >= 11 is 10.8. The summed E-state index contributed by atoms with van der Waals surface area (Å²) in [5.41, 5.74) is -0.401. The van der Waals surface area contributed by atoms with Crippen LogP contribution in [0, 0.1) is 0 Å². The van der Waals surface area contributed by atoms with Crippen LogP contribution < -0.4 is 10.6 Å². The Hall–Kier alpha value is -0.620. The van der Waals surface area contributed by atoms with Gasteiger partial charge in [-0.3, -0.25) is 0 Å². The number of hydrogen-bond donors (Lipinski definition) is 2. The van der Waals surface area contributed by atoms with Gasteiger partial charge in [-0.15, -0.1) is 0 Å². The minimum Gasteiger partial charge on any atom is -0.337 e. The van der Waals surface area contributed by atoms with E-state index in [2.05, 4.69) is 48.3 Å². The van der Waals surface area contributed by atoms with Crippen LogP contribution in [0.15, 0.2) is 0 Å². The van der Waals surface area contributed by atoms with E-state index in [0.717, 1.165) is 23.1 Å². The molecule has 0 aliphatic carbocycles. The number of nitrogens with zero attached hydrogens (tertiary/aromatic N) is 2. The molecule has 4 nitrogen and oxygen atoms in total. The lowest BCUT2D eigenvalue weighted by atomic mass is 10.1. The summed E-state index contributed by atoms with van der Waals surface area (Å²) in [4.78, 5) is 0. The zero-order chi connectivity index (χ0) is 12.1. The minimum atomic E-state index is -0.200. The fraction of sp³-hybridized carbons (Fsp3) is 0.800. The number of nitrogens with one attached hydrogen (secondary N) is 2. The Kier molecular flexibility index (Phi) is 2.54. The smallest absolute Gasteiger partial charge is 0.192 e. The van der Waals surface area contributed by atoms with Crippen LogP contribution in [0.25, 0.3) is 0 Å². The second-order valence-electron chi connectivity index (χ2n) is 4.74. The van der Waals surface area contributed by atoms with Crippen molar-refractivity contribution in [2.24, 2.45) is 0 Å². The minimum absolute atomic E-state index is 0.200. The number of thiocarbonyl (C=S) groups is 2. The Labute approximate surface area is 107 Å². The SMILES string of the molecule is CC[C@]1(C)NC(=S)N2N1C(=S)N[C@@]2(C)CC. The number of hydrazine groups is 1. The van der Waals surface area contributed by atoms with Gasteiger partial charge in [0, 0.05) is 0 Å². The number of rotatable bonds is 2. The summed E-state index contributed by atoms with van der Waals surface area (Å²) in [5, 5.41) is 12.4. The van der Waals surface area contributed by atoms with Crippen molar-refractivity contribution in [3.05, 3.63) is 0 Å². The van der Waals surface area contributed by atoms with E-state index in [4.69, 9.17) is 24.4 Å². The lowest BCUT2D eigenvalue weighted by molar-refractivity contribution is 0.0121. The normalized spacial score (nSPS) is 37.5. The molecule has 0 bridgehead atoms. The van der Waals surface area contributed by atoms with Crippen molar-refractivity contribution in [2.75, 3.05) is 0 Å². The third-order valence-corrected chi connectivity index (χ3v) is 4.20. The molecule has 2 rings (SSSR count). The van der Waals surface area contributed by atoms with Crippen molar-refractivity contribution in [3.8, 4) is 0 Å². The predicted octanol–water partition coefficient (Wildman–Crippen LogP) is 1.53. The third kappa shape index (κ3) is 1.32. The van der Waals surface area contributed by atoms with E-state index in [1.807, 2.05) is 0 Å². The van der Waals surface area contributed by atoms with Crippen LogP contribution >= 0.6 is 24.4 Å². The molecule has 2 aliphatic rings. The molecule has 2 atom stereocenters. The maximum atomic E-state index is 5.41. The largest absolute Gasteiger partial charge is 0.337 e. The van der Waals surface area contributed by atoms with Gasteiger partial charge in [0.1, 0.15) is 11.3 Å². The number of fused-ring (bicyclic) bond motifs is 1. The summed E-state index contributed by atoms with van der Waals surface area (Å²) in [6.07, 6.45) is 1.87. The maximum Gasteiger partial charge on any atom is 0.192 e. The fourth-order valence-corrected chi connectivity index (χ4v) is 3.23. The van der Waals surface area contributed by atoms with Crippen molar-refractivity contribution >= 4 is 34.7 Å². The molecular formula is C10H18N4S2. The molecule has 2 aliphatic heterocycles. The number of hydrogen-bond acceptors (Lipinski definition) is 2. The Morgan fingerprint density at radius 1 is 0.938 bits per heavy atom. The molecule has 0 amide bonds. The molecule has 0 saturated carbocycles. The fourth-order valence-electron chi connectivity index (χ4n) is 2.22. The molecule has 90 valence electrons. The molecule has 16 heavy (non-hydrogen) atoms. The van der Waals surface area contributed by atoms with Gasteiger partial charge >= 0.3 is 0 Å². The molecule has 6 heteroatoms. The van der Waals surface area contributed by atoms with Crippen molar-refractivity contribution in [3.63, 3.8) is 0 Å². The molecule has 0 radical (unpaired) electrons. The summed E-state index contributed by atoms with van der Waals surface area (Å²) < 4.78 is 0. The van der Waals surface area contributed by atoms with Gasteiger partial charge in [-0.2, -0.15) is 0 Å². The van der Waals surface area contributed by atoms with E-state index in [1.165, 1.54) is 0 Å². The third-order valence-electron chi connectivity index (χ3n) is 3.65. The van der Waals surface area contributed by atoms with Crippen LogP contribution in [0.5, 0.6) is 0 Å². The van der Waals surface area contributed by atoms with Crippen LogP contribution in [0.1, 0.15) is 40.5 Å². The Balaban J connectivity index is 2.44. The highest BCUT2D eigenvalue weighted by Crippen LogP contribution is 2.36. The molecule has 0 aromatic carbocycles. The molecule has 2 N–H and O–H groups in total. The summed E-state index contributed by atoms with van der Waals surface area (Å²) in [7, 11) is 0. The Bertz CT molecular complexity index is 325. The van der Waals surface area contributed by atoms with Gasteiger partial charge in [-0.1, -0.05) is 13.8 Å². The first-order chi connectivity index (χ1) is 7.38. The van der Waals surface area contributed by atoms with Gasteiger partial charge in [-0.25, -0.2) is 10.0 Å². The van der Waals surface area contributed by atoms with Crippen molar-refractivity contribution in [2.45, 2.75) is 51.9 Å². The van der Waals surface area contributed by atoms with E-state index in [1.54, 1.807) is 0 Å². The van der Waals surface area contributed by atoms with E-state index < -0.39 is 0 Å². The quantitative estimate of drug-likeness (QED) is 0.731. The van der Waals surface area contributed by atoms with E-state index in [9.17, 15) is 0 Å². The van der Waals surface area contributed by atoms with Crippen LogP contribution in [0.3, 0.4) is 0 Å². The summed E-state index contributed by atoms with van der Waals surface area (Å²) in [6.45, 7) is 8.50. The van der Waals surface area contributed by atoms with Crippen molar-refractivity contribution in [1.29, 1.82) is 0 Å². The topological polar surface area (TPSA) is 30.5 Å². The van der Waals surface area contributed by atoms with Gasteiger partial charge in [-0.05, 0) is 51.1 Å². The van der Waals surface area contributed by atoms with Gasteiger partial charge in [0.2, 0.25) is 0 Å². The molecule has 0 spiro atoms. The first-order valence-corrected chi connectivity index (χ1v) is 6.44. The first kappa shape index (κ1) is 11.9. The van der Waals surface area contributed by atoms with Gasteiger partial charge < -0.3 is 10.6 Å². The van der Waals surface area contributed by atoms with Crippen LogP contribution in [-0.2, 0) is 0 Å². The van der Waals surface area contributed by atoms with Gasteiger partial charge in [0.05, 0.1) is 0 Å². The molecule has 0 aromatic heterocycles. The molecule has 2 saturated heterocycles. The molecule has 2 fully saturated rings. The molecular weight excluding hydrogens is 240 g/mol. The lowest BCUT2D eigenvalue weighted by Gasteiger charge is -2.36. The van der Waals surface area contributed by atoms with Gasteiger partial charge in [0.15, 0.2) is 10.2 Å². The second-order valence-corrected chi connectivity index (χ2v) is 5.51. The highest BCUT2D eigenvalue weighted by molar-refractivity contribution is 7.80. The Morgan fingerprint density at radius 2 is 1.25 bits per heavy atom. The molecule has 0 aromatic rings. The monoisotopic (exact) mass is 258 g/mol. The maximum absolute atomic E-state index is 5.41. The second kappa shape index (κ2) is 3.43. The zero-order valence-electron chi connectivity index (χ0n) is 10.1. The van der Waals surface area contributed by atoms with E-state index in [0.29, 0.717) is 0 Å². The van der Waals surface area contributed by atoms with Crippen LogP contribution in [0.2, 0.25) is 0 Å².